The fraction of sp³-hybridized carbons (Fsp3) is 0.111. The Morgan fingerprint density at radius 3 is 0.571 bits per heavy atom. The second kappa shape index (κ2) is 21.3. The quantitative estimate of drug-likeness (QED) is 0.145. The number of anilines is 6. The molecule has 0 unspecified atom stereocenters. The van der Waals surface area contributed by atoms with Gasteiger partial charge in [-0.05, 0) is 106 Å². The van der Waals surface area contributed by atoms with Crippen LogP contribution in [-0.2, 0) is 0 Å². The van der Waals surface area contributed by atoms with Crippen molar-refractivity contribution in [3.63, 3.8) is 0 Å². The largest absolute Gasteiger partial charge is 0.311 e. The Labute approximate surface area is 347 Å². The summed E-state index contributed by atoms with van der Waals surface area (Å²) in [6.45, 7) is 0. The second-order valence-electron chi connectivity index (χ2n) is 12.3. The van der Waals surface area contributed by atoms with E-state index in [1.54, 1.807) is 0 Å². The molecule has 0 aliphatic carbocycles. The van der Waals surface area contributed by atoms with E-state index in [4.69, 9.17) is 8.22 Å². The number of benzene rings is 8. The fourth-order valence-corrected chi connectivity index (χ4v) is 6.52. The van der Waals surface area contributed by atoms with Gasteiger partial charge in [0.1, 0.15) is 0 Å². The van der Waals surface area contributed by atoms with Crippen molar-refractivity contribution in [3.05, 3.63) is 218 Å². The first-order valence-electron chi connectivity index (χ1n) is 23.0. The first-order chi connectivity index (χ1) is 30.8. The molecular weight excluding hydrogens is 677 g/mol. The Balaban J connectivity index is 0.00000102. The second-order valence-corrected chi connectivity index (χ2v) is 12.3. The third-order valence-electron chi connectivity index (χ3n) is 9.08. The Bertz CT molecular complexity index is 2110. The van der Waals surface area contributed by atoms with Gasteiger partial charge < -0.3 is 9.80 Å². The molecule has 0 radical (unpaired) electrons. The summed E-state index contributed by atoms with van der Waals surface area (Å²) in [6, 6.07) is 77.5. The van der Waals surface area contributed by atoms with E-state index in [0.717, 1.165) is 34.1 Å². The Morgan fingerprint density at radius 2 is 0.357 bits per heavy atom. The van der Waals surface area contributed by atoms with Gasteiger partial charge in [-0.15, -0.1) is 0 Å². The predicted molar refractivity (Wildman–Crippen MR) is 253 cm³/mol. The molecule has 0 heterocycles. The summed E-state index contributed by atoms with van der Waals surface area (Å²) in [6.07, 6.45) is 0. The molecule has 0 saturated heterocycles. The first kappa shape index (κ1) is 36.3. The van der Waals surface area contributed by atoms with Gasteiger partial charge in [-0.2, -0.15) is 0 Å². The van der Waals surface area contributed by atoms with Gasteiger partial charge >= 0.3 is 0 Å². The summed E-state index contributed by atoms with van der Waals surface area (Å²) in [5.74, 6) is 0. The van der Waals surface area contributed by atoms with Crippen LogP contribution < -0.4 is 9.80 Å². The van der Waals surface area contributed by atoms with Gasteiger partial charge in [0.25, 0.3) is 0 Å². The molecule has 0 aliphatic heterocycles. The molecule has 8 aromatic carbocycles. The summed E-state index contributed by atoms with van der Waals surface area (Å²) < 4.78 is 34.5. The molecule has 0 N–H and O–H groups in total. The zero-order chi connectivity index (χ0) is 45.5. The Kier molecular flexibility index (Phi) is 13.8. The highest BCUT2D eigenvalue weighted by molar-refractivity contribution is 5.82. The molecule has 0 spiro atoms. The van der Waals surface area contributed by atoms with Crippen molar-refractivity contribution >= 4 is 34.1 Å². The van der Waals surface area contributed by atoms with Crippen molar-refractivity contribution in [2.24, 2.45) is 0 Å². The molecule has 286 valence electrons. The van der Waals surface area contributed by atoms with E-state index < -0.39 is 0 Å². The third-order valence-corrected chi connectivity index (χ3v) is 9.08. The number of nitrogens with zero attached hydrogens (tertiary/aromatic N) is 2. The minimum atomic E-state index is 1.11. The lowest BCUT2D eigenvalue weighted by Crippen LogP contribution is -2.10. The first-order valence-corrected chi connectivity index (χ1v) is 17.0. The zero-order valence-corrected chi connectivity index (χ0v) is 33.7. The van der Waals surface area contributed by atoms with Gasteiger partial charge in [0.2, 0.25) is 0 Å². The highest BCUT2D eigenvalue weighted by Crippen LogP contribution is 2.39. The maximum Gasteiger partial charge on any atom is 0.0462 e. The van der Waals surface area contributed by atoms with Crippen LogP contribution >= 0.6 is 0 Å². The Hall–Kier alpha value is -6.64. The lowest BCUT2D eigenvalue weighted by molar-refractivity contribution is 1.28. The van der Waals surface area contributed by atoms with Crippen LogP contribution in [0, 0.1) is 0 Å². The van der Waals surface area contributed by atoms with E-state index in [0.29, 0.717) is 0 Å². The SMILES string of the molecule is [2H]C.[2H]C.[2H]C.[2H]C.[2H]C.[2H]C.c1ccc(-c2ccc(N(c3ccccc3)c3ccc(-c4ccc(N(c5ccccc5)c5ccc(-c6ccccc6)cc5)cc4)cc3)cc2)cc1. The molecule has 0 amide bonds. The van der Waals surface area contributed by atoms with Gasteiger partial charge in [0.05, 0.1) is 0 Å². The molecule has 2 nitrogen and oxygen atoms in total. The van der Waals surface area contributed by atoms with E-state index in [2.05, 4.69) is 228 Å². The minimum absolute atomic E-state index is 1.11. The highest BCUT2D eigenvalue weighted by atomic mass is 15.1. The van der Waals surface area contributed by atoms with E-state index >= 15 is 0 Å². The van der Waals surface area contributed by atoms with Gasteiger partial charge in [0.15, 0.2) is 0 Å². The molecule has 0 fully saturated rings. The van der Waals surface area contributed by atoms with Gasteiger partial charge in [0, 0.05) is 42.3 Å². The lowest BCUT2D eigenvalue weighted by atomic mass is 10.0. The highest BCUT2D eigenvalue weighted by Gasteiger charge is 2.15. The van der Waals surface area contributed by atoms with Crippen LogP contribution in [0.5, 0.6) is 0 Å². The van der Waals surface area contributed by atoms with Crippen molar-refractivity contribution in [2.45, 2.75) is 44.4 Å². The monoisotopic (exact) mass is 743 g/mol. The predicted octanol–water partition coefficient (Wildman–Crippen LogP) is 17.4. The van der Waals surface area contributed by atoms with Crippen LogP contribution in [0.3, 0.4) is 0 Å². The number of hydrogen-bond acceptors (Lipinski definition) is 2. The maximum atomic E-state index is 5.75. The van der Waals surface area contributed by atoms with E-state index in [-0.39, 0.29) is 0 Å². The molecule has 0 aromatic heterocycles. The van der Waals surface area contributed by atoms with Gasteiger partial charge in [-0.1, -0.05) is 190 Å². The lowest BCUT2D eigenvalue weighted by Gasteiger charge is -2.26. The van der Waals surface area contributed by atoms with Crippen molar-refractivity contribution in [3.8, 4) is 33.4 Å². The van der Waals surface area contributed by atoms with Gasteiger partial charge in [-0.25, -0.2) is 0 Å². The Morgan fingerprint density at radius 1 is 0.196 bits per heavy atom. The minimum Gasteiger partial charge on any atom is -0.311 e. The molecule has 56 heavy (non-hydrogen) atoms. The van der Waals surface area contributed by atoms with Crippen molar-refractivity contribution in [1.29, 1.82) is 0 Å². The van der Waals surface area contributed by atoms with E-state index in [1.807, 2.05) is 0 Å². The van der Waals surface area contributed by atoms with Crippen LogP contribution in [-0.4, -0.2) is 0 Å². The zero-order valence-electron chi connectivity index (χ0n) is 39.7. The molecule has 8 rings (SSSR count). The standard InChI is InChI=1S/C48H36N2.6CH4/c1-5-13-37(14-6-1)39-21-29-45(30-22-39)49(43-17-9-3-10-18-43)47-33-25-41(26-34-47)42-27-35-48(36-28-42)50(44-19-11-4-12-20-44)46-31-23-40(24-32-46)38-15-7-2-8-16-38;;;;;;/h1-36H;6*1H4/i;6*1D. The van der Waals surface area contributed by atoms with Crippen LogP contribution in [0.2, 0.25) is 0 Å². The number of hydrogen-bond donors (Lipinski definition) is 0. The molecule has 0 aliphatic rings. The smallest absolute Gasteiger partial charge is 0.0462 e. The molecule has 0 bridgehead atoms. The summed E-state index contributed by atoms with van der Waals surface area (Å²) in [4.78, 5) is 4.62. The normalized spacial score (nSPS) is 10.4. The summed E-state index contributed by atoms with van der Waals surface area (Å²) in [5.41, 5.74) is 13.9. The average Bonchev–Trinajstić information content (AvgIpc) is 3.40. The number of para-hydroxylation sites is 2. The molecule has 8 aromatic rings. The topological polar surface area (TPSA) is 6.48 Å². The van der Waals surface area contributed by atoms with Crippen LogP contribution in [0.4, 0.5) is 34.1 Å². The van der Waals surface area contributed by atoms with Crippen LogP contribution in [0.25, 0.3) is 33.4 Å². The van der Waals surface area contributed by atoms with Crippen molar-refractivity contribution in [2.75, 3.05) is 9.80 Å². The molecular formula is C54H60N2. The summed E-state index contributed by atoms with van der Waals surface area (Å²) in [5, 5.41) is 0. The van der Waals surface area contributed by atoms with Crippen molar-refractivity contribution in [1.82, 2.24) is 0 Å². The van der Waals surface area contributed by atoms with E-state index in [9.17, 15) is 0 Å². The van der Waals surface area contributed by atoms with Crippen molar-refractivity contribution < 1.29 is 8.22 Å². The maximum absolute atomic E-state index is 5.75. The number of rotatable bonds is 9. The summed E-state index contributed by atoms with van der Waals surface area (Å²) in [7, 11) is 7.50. The summed E-state index contributed by atoms with van der Waals surface area (Å²) >= 11 is 0. The van der Waals surface area contributed by atoms with E-state index in [1.165, 1.54) is 77.8 Å². The van der Waals surface area contributed by atoms with Crippen LogP contribution in [0.15, 0.2) is 218 Å². The molecule has 2 heteroatoms. The average molecular weight is 743 g/mol. The molecule has 0 atom stereocenters. The van der Waals surface area contributed by atoms with Gasteiger partial charge in [-0.3, -0.25) is 0 Å². The fourth-order valence-electron chi connectivity index (χ4n) is 6.52. The third kappa shape index (κ3) is 9.91. The molecule has 0 saturated carbocycles. The van der Waals surface area contributed by atoms with Crippen LogP contribution in [0.1, 0.15) is 52.6 Å².